The quantitative estimate of drug-likeness (QED) is 0.531. The summed E-state index contributed by atoms with van der Waals surface area (Å²) in [5.41, 5.74) is 1.50. The van der Waals surface area contributed by atoms with Crippen molar-refractivity contribution in [2.24, 2.45) is 0 Å². The normalized spacial score (nSPS) is 11.5. The minimum absolute atomic E-state index is 0.0997. The molecule has 2 aromatic carbocycles. The van der Waals surface area contributed by atoms with Crippen molar-refractivity contribution < 1.29 is 24.2 Å². The molecule has 1 atom stereocenters. The fourth-order valence-electron chi connectivity index (χ4n) is 2.33. The maximum absolute atomic E-state index is 12.1. The van der Waals surface area contributed by atoms with Gasteiger partial charge in [-0.3, -0.25) is 9.59 Å². The molecule has 0 fully saturated rings. The van der Waals surface area contributed by atoms with Gasteiger partial charge in [0, 0.05) is 17.8 Å². The number of ether oxygens (including phenoxy) is 1. The topological polar surface area (TPSA) is 92.7 Å². The van der Waals surface area contributed by atoms with Crippen LogP contribution < -0.4 is 10.1 Å². The van der Waals surface area contributed by atoms with E-state index >= 15 is 0 Å². The van der Waals surface area contributed by atoms with Crippen molar-refractivity contribution in [2.75, 3.05) is 0 Å². The van der Waals surface area contributed by atoms with E-state index in [1.807, 2.05) is 12.1 Å². The van der Waals surface area contributed by atoms with E-state index in [1.165, 1.54) is 6.92 Å². The standard InChI is InChI=1S/C19H18BrNO5/c1-12(22)26-16-8-4-13(5-9-16)10-17(19(24)25)21-18(23)11-14-2-6-15(20)7-3-14/h2-9,17H,10-11H2,1H3,(H,21,23)(H,24,25). The van der Waals surface area contributed by atoms with Crippen LogP contribution in [0.2, 0.25) is 0 Å². The Morgan fingerprint density at radius 1 is 1.04 bits per heavy atom. The second kappa shape index (κ2) is 9.15. The van der Waals surface area contributed by atoms with Gasteiger partial charge < -0.3 is 15.2 Å². The van der Waals surface area contributed by atoms with Crippen LogP contribution in [0.4, 0.5) is 0 Å². The average Bonchev–Trinajstić information content (AvgIpc) is 2.57. The van der Waals surface area contributed by atoms with Crippen LogP contribution in [0.15, 0.2) is 53.0 Å². The number of halogens is 1. The van der Waals surface area contributed by atoms with Crippen molar-refractivity contribution in [3.8, 4) is 5.75 Å². The highest BCUT2D eigenvalue weighted by Gasteiger charge is 2.20. The van der Waals surface area contributed by atoms with Crippen LogP contribution in [0.1, 0.15) is 18.1 Å². The summed E-state index contributed by atoms with van der Waals surface area (Å²) in [4.78, 5) is 34.5. The van der Waals surface area contributed by atoms with Gasteiger partial charge in [-0.05, 0) is 35.4 Å². The van der Waals surface area contributed by atoms with E-state index in [0.717, 1.165) is 10.0 Å². The van der Waals surface area contributed by atoms with Gasteiger partial charge in [0.1, 0.15) is 11.8 Å². The molecule has 1 amide bonds. The zero-order valence-corrected chi connectivity index (χ0v) is 15.7. The first-order valence-corrected chi connectivity index (χ1v) is 8.67. The van der Waals surface area contributed by atoms with Gasteiger partial charge in [0.05, 0.1) is 6.42 Å². The summed E-state index contributed by atoms with van der Waals surface area (Å²) in [5.74, 6) is -1.52. The molecule has 2 N–H and O–H groups in total. The molecule has 136 valence electrons. The summed E-state index contributed by atoms with van der Waals surface area (Å²) in [6.07, 6.45) is 0.226. The third-order valence-corrected chi connectivity index (χ3v) is 4.06. The lowest BCUT2D eigenvalue weighted by Gasteiger charge is -2.15. The SMILES string of the molecule is CC(=O)Oc1ccc(CC(NC(=O)Cc2ccc(Br)cc2)C(=O)O)cc1. The molecular weight excluding hydrogens is 402 g/mol. The fourth-order valence-corrected chi connectivity index (χ4v) is 2.59. The maximum Gasteiger partial charge on any atom is 0.326 e. The molecule has 0 saturated carbocycles. The highest BCUT2D eigenvalue weighted by atomic mass is 79.9. The van der Waals surface area contributed by atoms with Gasteiger partial charge in [0.15, 0.2) is 0 Å². The highest BCUT2D eigenvalue weighted by molar-refractivity contribution is 9.10. The summed E-state index contributed by atoms with van der Waals surface area (Å²) in [6, 6.07) is 12.7. The van der Waals surface area contributed by atoms with Gasteiger partial charge >= 0.3 is 11.9 Å². The third kappa shape index (κ3) is 6.33. The zero-order valence-electron chi connectivity index (χ0n) is 14.1. The summed E-state index contributed by atoms with van der Waals surface area (Å²) >= 11 is 3.32. The molecule has 0 bridgehead atoms. The Labute approximate surface area is 159 Å². The van der Waals surface area contributed by atoms with Crippen LogP contribution in [-0.2, 0) is 27.2 Å². The number of carboxylic acids is 1. The number of rotatable bonds is 7. The number of amides is 1. The largest absolute Gasteiger partial charge is 0.480 e. The molecule has 1 unspecified atom stereocenters. The number of esters is 1. The Hall–Kier alpha value is -2.67. The van der Waals surface area contributed by atoms with E-state index in [4.69, 9.17) is 4.74 Å². The number of nitrogens with one attached hydrogen (secondary N) is 1. The van der Waals surface area contributed by atoms with E-state index in [1.54, 1.807) is 36.4 Å². The number of hydrogen-bond donors (Lipinski definition) is 2. The summed E-state index contributed by atoms with van der Waals surface area (Å²) in [7, 11) is 0. The predicted molar refractivity (Wildman–Crippen MR) is 98.9 cm³/mol. The van der Waals surface area contributed by atoms with E-state index < -0.39 is 18.0 Å². The van der Waals surface area contributed by atoms with E-state index in [9.17, 15) is 19.5 Å². The first kappa shape index (κ1) is 19.7. The van der Waals surface area contributed by atoms with Crippen molar-refractivity contribution in [1.82, 2.24) is 5.32 Å². The molecule has 0 aliphatic carbocycles. The van der Waals surface area contributed by atoms with E-state index in [-0.39, 0.29) is 18.7 Å². The molecule has 2 rings (SSSR count). The summed E-state index contributed by atoms with van der Waals surface area (Å²) < 4.78 is 5.84. The van der Waals surface area contributed by atoms with Gasteiger partial charge in [0.2, 0.25) is 5.91 Å². The highest BCUT2D eigenvalue weighted by Crippen LogP contribution is 2.14. The zero-order chi connectivity index (χ0) is 19.1. The molecule has 2 aromatic rings. The number of carbonyl (C=O) groups excluding carboxylic acids is 2. The molecule has 0 aliphatic rings. The minimum atomic E-state index is -1.11. The monoisotopic (exact) mass is 419 g/mol. The second-order valence-corrected chi connectivity index (χ2v) is 6.62. The van der Waals surface area contributed by atoms with Crippen LogP contribution in [-0.4, -0.2) is 29.0 Å². The predicted octanol–water partition coefficient (Wildman–Crippen LogP) is 2.73. The molecule has 0 heterocycles. The lowest BCUT2D eigenvalue weighted by Crippen LogP contribution is -2.43. The van der Waals surface area contributed by atoms with Crippen molar-refractivity contribution >= 4 is 33.8 Å². The van der Waals surface area contributed by atoms with Crippen LogP contribution in [0, 0.1) is 0 Å². The van der Waals surface area contributed by atoms with Crippen LogP contribution in [0.25, 0.3) is 0 Å². The van der Waals surface area contributed by atoms with Crippen molar-refractivity contribution in [3.63, 3.8) is 0 Å². The number of hydrogen-bond acceptors (Lipinski definition) is 4. The Morgan fingerprint density at radius 3 is 2.15 bits per heavy atom. The molecule has 0 saturated heterocycles. The molecule has 0 radical (unpaired) electrons. The lowest BCUT2D eigenvalue weighted by molar-refractivity contribution is -0.141. The van der Waals surface area contributed by atoms with Gasteiger partial charge in [-0.2, -0.15) is 0 Å². The van der Waals surface area contributed by atoms with Gasteiger partial charge in [-0.1, -0.05) is 40.2 Å². The van der Waals surface area contributed by atoms with Crippen molar-refractivity contribution in [1.29, 1.82) is 0 Å². The van der Waals surface area contributed by atoms with Gasteiger partial charge in [-0.15, -0.1) is 0 Å². The third-order valence-electron chi connectivity index (χ3n) is 3.54. The Bertz CT molecular complexity index is 787. The van der Waals surface area contributed by atoms with E-state index in [0.29, 0.717) is 11.3 Å². The van der Waals surface area contributed by atoms with Gasteiger partial charge in [0.25, 0.3) is 0 Å². The molecule has 26 heavy (non-hydrogen) atoms. The number of benzene rings is 2. The lowest BCUT2D eigenvalue weighted by atomic mass is 10.1. The average molecular weight is 420 g/mol. The van der Waals surface area contributed by atoms with Crippen molar-refractivity contribution in [3.05, 3.63) is 64.1 Å². The Balaban J connectivity index is 1.97. The Kier molecular flexibility index (Phi) is 6.91. The smallest absolute Gasteiger partial charge is 0.326 e. The number of aliphatic carboxylic acids is 1. The molecular formula is C19H18BrNO5. The second-order valence-electron chi connectivity index (χ2n) is 5.70. The molecule has 0 aromatic heterocycles. The van der Waals surface area contributed by atoms with Crippen LogP contribution in [0.3, 0.4) is 0 Å². The summed E-state index contributed by atoms with van der Waals surface area (Å²) in [5, 5.41) is 11.9. The molecule has 0 spiro atoms. The molecule has 0 aliphatic heterocycles. The number of carbonyl (C=O) groups is 3. The van der Waals surface area contributed by atoms with Crippen LogP contribution >= 0.6 is 15.9 Å². The van der Waals surface area contributed by atoms with E-state index in [2.05, 4.69) is 21.2 Å². The fraction of sp³-hybridized carbons (Fsp3) is 0.211. The first-order valence-electron chi connectivity index (χ1n) is 7.87. The summed E-state index contributed by atoms with van der Waals surface area (Å²) in [6.45, 7) is 1.30. The van der Waals surface area contributed by atoms with Gasteiger partial charge in [-0.25, -0.2) is 4.79 Å². The Morgan fingerprint density at radius 2 is 1.62 bits per heavy atom. The van der Waals surface area contributed by atoms with Crippen LogP contribution in [0.5, 0.6) is 5.75 Å². The van der Waals surface area contributed by atoms with Crippen molar-refractivity contribution in [2.45, 2.75) is 25.8 Å². The minimum Gasteiger partial charge on any atom is -0.480 e. The first-order chi connectivity index (χ1) is 12.3. The number of carboxylic acid groups (broad SMARTS) is 1. The molecule has 6 nitrogen and oxygen atoms in total. The maximum atomic E-state index is 12.1. The molecule has 7 heteroatoms.